The highest BCUT2D eigenvalue weighted by Crippen LogP contribution is 2.05. The van der Waals surface area contributed by atoms with Crippen LogP contribution < -0.4 is 11.1 Å². The molecular formula is C14H15N5O2. The molecule has 0 fully saturated rings. The first-order valence-corrected chi connectivity index (χ1v) is 6.24. The van der Waals surface area contributed by atoms with Gasteiger partial charge in [0.1, 0.15) is 0 Å². The number of amidine groups is 1. The minimum atomic E-state index is -0.273. The summed E-state index contributed by atoms with van der Waals surface area (Å²) in [7, 11) is 0. The molecule has 2 rings (SSSR count). The number of carbonyl (C=O) groups is 1. The van der Waals surface area contributed by atoms with Crippen LogP contribution in [-0.4, -0.2) is 26.9 Å². The van der Waals surface area contributed by atoms with Gasteiger partial charge < -0.3 is 16.3 Å². The van der Waals surface area contributed by atoms with Crippen molar-refractivity contribution in [2.45, 2.75) is 13.5 Å². The molecule has 0 saturated carbocycles. The van der Waals surface area contributed by atoms with E-state index in [2.05, 4.69) is 20.4 Å². The lowest BCUT2D eigenvalue weighted by Gasteiger charge is -2.06. The summed E-state index contributed by atoms with van der Waals surface area (Å²) in [4.78, 5) is 20.3. The van der Waals surface area contributed by atoms with Crippen molar-refractivity contribution in [3.8, 4) is 0 Å². The second-order valence-corrected chi connectivity index (χ2v) is 4.40. The quantitative estimate of drug-likeness (QED) is 0.333. The summed E-state index contributed by atoms with van der Waals surface area (Å²) in [5, 5.41) is 14.3. The zero-order valence-electron chi connectivity index (χ0n) is 11.4. The molecule has 7 heteroatoms. The minimum Gasteiger partial charge on any atom is -0.409 e. The molecule has 1 heterocycles. The standard InChI is InChI=1S/C14H15N5O2/c1-9-6-17-12(7-16-9)8-18-14(20)11-4-2-3-10(5-11)13(15)19-21/h2-7,21H,8H2,1H3,(H2,15,19)(H,18,20). The molecule has 0 saturated heterocycles. The summed E-state index contributed by atoms with van der Waals surface area (Å²) < 4.78 is 0. The highest BCUT2D eigenvalue weighted by atomic mass is 16.4. The molecule has 0 unspecified atom stereocenters. The van der Waals surface area contributed by atoms with Gasteiger partial charge in [0.05, 0.1) is 24.1 Å². The molecule has 0 radical (unpaired) electrons. The molecule has 4 N–H and O–H groups in total. The van der Waals surface area contributed by atoms with Gasteiger partial charge in [-0.15, -0.1) is 0 Å². The summed E-state index contributed by atoms with van der Waals surface area (Å²) in [6.07, 6.45) is 3.25. The molecule has 1 aromatic heterocycles. The van der Waals surface area contributed by atoms with Crippen LogP contribution in [0.3, 0.4) is 0 Å². The van der Waals surface area contributed by atoms with Crippen LogP contribution in [0.1, 0.15) is 27.3 Å². The van der Waals surface area contributed by atoms with Crippen LogP contribution >= 0.6 is 0 Å². The predicted octanol–water partition coefficient (Wildman–Crippen LogP) is 0.810. The third-order valence-electron chi connectivity index (χ3n) is 2.79. The fourth-order valence-electron chi connectivity index (χ4n) is 1.66. The monoisotopic (exact) mass is 285 g/mol. The number of rotatable bonds is 4. The lowest BCUT2D eigenvalue weighted by Crippen LogP contribution is -2.24. The molecule has 1 aromatic carbocycles. The summed E-state index contributed by atoms with van der Waals surface area (Å²) in [6.45, 7) is 2.12. The van der Waals surface area contributed by atoms with E-state index in [1.54, 1.807) is 36.7 Å². The van der Waals surface area contributed by atoms with Gasteiger partial charge in [-0.25, -0.2) is 0 Å². The normalized spacial score (nSPS) is 11.2. The SMILES string of the molecule is Cc1cnc(CNC(=O)c2cccc(C(N)=NO)c2)cn1. The van der Waals surface area contributed by atoms with E-state index in [9.17, 15) is 4.79 Å². The molecule has 1 amide bonds. The summed E-state index contributed by atoms with van der Waals surface area (Å²) >= 11 is 0. The first-order valence-electron chi connectivity index (χ1n) is 6.24. The van der Waals surface area contributed by atoms with Gasteiger partial charge in [0.15, 0.2) is 5.84 Å². The van der Waals surface area contributed by atoms with Gasteiger partial charge in [-0.3, -0.25) is 14.8 Å². The third kappa shape index (κ3) is 3.75. The average Bonchev–Trinajstić information content (AvgIpc) is 2.53. The number of carbonyl (C=O) groups excluding carboxylic acids is 1. The molecule has 108 valence electrons. The topological polar surface area (TPSA) is 113 Å². The number of nitrogens with zero attached hydrogens (tertiary/aromatic N) is 3. The van der Waals surface area contributed by atoms with Crippen LogP contribution in [0, 0.1) is 6.92 Å². The zero-order chi connectivity index (χ0) is 15.2. The number of hydrogen-bond donors (Lipinski definition) is 3. The molecular weight excluding hydrogens is 270 g/mol. The predicted molar refractivity (Wildman–Crippen MR) is 76.9 cm³/mol. The molecule has 0 aliphatic heterocycles. The number of benzene rings is 1. The highest BCUT2D eigenvalue weighted by Gasteiger charge is 2.08. The molecule has 0 bridgehead atoms. The lowest BCUT2D eigenvalue weighted by atomic mass is 10.1. The smallest absolute Gasteiger partial charge is 0.251 e. The maximum absolute atomic E-state index is 12.0. The molecule has 0 atom stereocenters. The zero-order valence-corrected chi connectivity index (χ0v) is 11.4. The fraction of sp³-hybridized carbons (Fsp3) is 0.143. The summed E-state index contributed by atoms with van der Waals surface area (Å²) in [5.41, 5.74) is 7.87. The average molecular weight is 285 g/mol. The Balaban J connectivity index is 2.05. The molecule has 21 heavy (non-hydrogen) atoms. The minimum absolute atomic E-state index is 0.0472. The van der Waals surface area contributed by atoms with E-state index in [1.807, 2.05) is 6.92 Å². The van der Waals surface area contributed by atoms with E-state index in [4.69, 9.17) is 10.9 Å². The number of hydrogen-bond acceptors (Lipinski definition) is 5. The van der Waals surface area contributed by atoms with Crippen LogP contribution in [-0.2, 0) is 6.54 Å². The molecule has 2 aromatic rings. The van der Waals surface area contributed by atoms with Crippen LogP contribution in [0.5, 0.6) is 0 Å². The Kier molecular flexibility index (Phi) is 4.45. The second kappa shape index (κ2) is 6.47. The van der Waals surface area contributed by atoms with E-state index in [1.165, 1.54) is 0 Å². The van der Waals surface area contributed by atoms with Gasteiger partial charge in [0.25, 0.3) is 5.91 Å². The van der Waals surface area contributed by atoms with E-state index in [0.717, 1.165) is 5.69 Å². The Bertz CT molecular complexity index is 667. The molecule has 0 aliphatic carbocycles. The van der Waals surface area contributed by atoms with E-state index < -0.39 is 0 Å². The van der Waals surface area contributed by atoms with Crippen molar-refractivity contribution in [2.24, 2.45) is 10.9 Å². The van der Waals surface area contributed by atoms with Gasteiger partial charge in [-0.1, -0.05) is 17.3 Å². The maximum atomic E-state index is 12.0. The van der Waals surface area contributed by atoms with Crippen molar-refractivity contribution < 1.29 is 10.0 Å². The highest BCUT2D eigenvalue weighted by molar-refractivity contribution is 6.01. The molecule has 7 nitrogen and oxygen atoms in total. The Hall–Kier alpha value is -2.96. The number of oxime groups is 1. The van der Waals surface area contributed by atoms with Crippen LogP contribution in [0.15, 0.2) is 41.8 Å². The number of aromatic nitrogens is 2. The third-order valence-corrected chi connectivity index (χ3v) is 2.79. The Labute approximate surface area is 121 Å². The van der Waals surface area contributed by atoms with Crippen molar-refractivity contribution in [3.05, 3.63) is 59.2 Å². The summed E-state index contributed by atoms with van der Waals surface area (Å²) in [6, 6.07) is 6.50. The van der Waals surface area contributed by atoms with Crippen LogP contribution in [0.25, 0.3) is 0 Å². The van der Waals surface area contributed by atoms with Gasteiger partial charge in [-0.2, -0.15) is 0 Å². The van der Waals surface area contributed by atoms with Crippen molar-refractivity contribution in [1.82, 2.24) is 15.3 Å². The van der Waals surface area contributed by atoms with Crippen molar-refractivity contribution in [3.63, 3.8) is 0 Å². The summed E-state index contributed by atoms with van der Waals surface area (Å²) in [5.74, 6) is -0.320. The van der Waals surface area contributed by atoms with Crippen LogP contribution in [0.2, 0.25) is 0 Å². The van der Waals surface area contributed by atoms with E-state index in [-0.39, 0.29) is 18.3 Å². The van der Waals surface area contributed by atoms with E-state index >= 15 is 0 Å². The number of nitrogens with one attached hydrogen (secondary N) is 1. The van der Waals surface area contributed by atoms with Gasteiger partial charge in [0, 0.05) is 17.3 Å². The first-order chi connectivity index (χ1) is 10.1. The fourth-order valence-corrected chi connectivity index (χ4v) is 1.66. The molecule has 0 aliphatic rings. The Morgan fingerprint density at radius 1 is 1.33 bits per heavy atom. The van der Waals surface area contributed by atoms with Gasteiger partial charge >= 0.3 is 0 Å². The maximum Gasteiger partial charge on any atom is 0.251 e. The first kappa shape index (κ1) is 14.4. The number of aryl methyl sites for hydroxylation is 1. The Morgan fingerprint density at radius 2 is 2.10 bits per heavy atom. The largest absolute Gasteiger partial charge is 0.409 e. The molecule has 0 spiro atoms. The number of nitrogens with two attached hydrogens (primary N) is 1. The van der Waals surface area contributed by atoms with Crippen molar-refractivity contribution in [2.75, 3.05) is 0 Å². The van der Waals surface area contributed by atoms with Crippen LogP contribution in [0.4, 0.5) is 0 Å². The Morgan fingerprint density at radius 3 is 2.76 bits per heavy atom. The van der Waals surface area contributed by atoms with Gasteiger partial charge in [0.2, 0.25) is 0 Å². The number of amides is 1. The second-order valence-electron chi connectivity index (χ2n) is 4.40. The van der Waals surface area contributed by atoms with Crippen molar-refractivity contribution in [1.29, 1.82) is 0 Å². The van der Waals surface area contributed by atoms with Gasteiger partial charge in [-0.05, 0) is 19.1 Å². The lowest BCUT2D eigenvalue weighted by molar-refractivity contribution is 0.0950. The van der Waals surface area contributed by atoms with Crippen molar-refractivity contribution >= 4 is 11.7 Å². The van der Waals surface area contributed by atoms with E-state index in [0.29, 0.717) is 16.8 Å².